The van der Waals surface area contributed by atoms with E-state index in [9.17, 15) is 4.79 Å². The molecule has 0 unspecified atom stereocenters. The number of aliphatic hydroxyl groups is 1. The SMILES string of the molecule is NC1(CO)CCC(C(=O)NCC2CCC2)CC1. The maximum atomic E-state index is 11.9. The summed E-state index contributed by atoms with van der Waals surface area (Å²) >= 11 is 0. The van der Waals surface area contributed by atoms with E-state index in [4.69, 9.17) is 10.8 Å². The molecule has 0 aromatic rings. The van der Waals surface area contributed by atoms with Gasteiger partial charge in [0.15, 0.2) is 0 Å². The van der Waals surface area contributed by atoms with Crippen LogP contribution in [0.3, 0.4) is 0 Å². The molecule has 4 nitrogen and oxygen atoms in total. The van der Waals surface area contributed by atoms with Crippen LogP contribution >= 0.6 is 0 Å². The number of hydrogen-bond donors (Lipinski definition) is 3. The van der Waals surface area contributed by atoms with Gasteiger partial charge in [-0.05, 0) is 44.4 Å². The van der Waals surface area contributed by atoms with Crippen molar-refractivity contribution in [2.45, 2.75) is 50.5 Å². The predicted octanol–water partition coefficient (Wildman–Crippen LogP) is 0.783. The fourth-order valence-electron chi connectivity index (χ4n) is 2.70. The molecular formula is C13H24N2O2. The molecule has 0 aliphatic heterocycles. The Balaban J connectivity index is 1.70. The standard InChI is InChI=1S/C13H24N2O2/c14-13(9-16)6-4-11(5-7-13)12(17)15-8-10-2-1-3-10/h10-11,16H,1-9,14H2,(H,15,17). The van der Waals surface area contributed by atoms with Crippen LogP contribution in [0, 0.1) is 11.8 Å². The van der Waals surface area contributed by atoms with Crippen LogP contribution in [0.5, 0.6) is 0 Å². The van der Waals surface area contributed by atoms with Gasteiger partial charge >= 0.3 is 0 Å². The van der Waals surface area contributed by atoms with Crippen molar-refractivity contribution in [3.8, 4) is 0 Å². The van der Waals surface area contributed by atoms with Crippen LogP contribution in [-0.4, -0.2) is 29.7 Å². The Kier molecular flexibility index (Phi) is 4.05. The van der Waals surface area contributed by atoms with Gasteiger partial charge < -0.3 is 16.2 Å². The average molecular weight is 240 g/mol. The van der Waals surface area contributed by atoms with Crippen molar-refractivity contribution in [3.63, 3.8) is 0 Å². The van der Waals surface area contributed by atoms with Gasteiger partial charge in [-0.25, -0.2) is 0 Å². The smallest absolute Gasteiger partial charge is 0.223 e. The van der Waals surface area contributed by atoms with Crippen molar-refractivity contribution in [2.24, 2.45) is 17.6 Å². The number of aliphatic hydroxyl groups excluding tert-OH is 1. The quantitative estimate of drug-likeness (QED) is 0.680. The molecule has 0 aromatic carbocycles. The molecule has 2 aliphatic rings. The fraction of sp³-hybridized carbons (Fsp3) is 0.923. The Morgan fingerprint density at radius 3 is 2.41 bits per heavy atom. The monoisotopic (exact) mass is 240 g/mol. The van der Waals surface area contributed by atoms with E-state index in [2.05, 4.69) is 5.32 Å². The first kappa shape index (κ1) is 12.8. The minimum Gasteiger partial charge on any atom is -0.394 e. The van der Waals surface area contributed by atoms with Crippen molar-refractivity contribution in [1.82, 2.24) is 5.32 Å². The van der Waals surface area contributed by atoms with Crippen LogP contribution in [0.1, 0.15) is 44.9 Å². The minimum atomic E-state index is -0.440. The molecule has 0 aromatic heterocycles. The van der Waals surface area contributed by atoms with E-state index in [1.165, 1.54) is 19.3 Å². The zero-order chi connectivity index (χ0) is 12.3. The summed E-state index contributed by atoms with van der Waals surface area (Å²) in [5.41, 5.74) is 5.55. The molecule has 0 radical (unpaired) electrons. The molecule has 2 fully saturated rings. The first-order valence-corrected chi connectivity index (χ1v) is 6.80. The molecule has 4 heteroatoms. The highest BCUT2D eigenvalue weighted by molar-refractivity contribution is 5.78. The Hall–Kier alpha value is -0.610. The molecule has 2 aliphatic carbocycles. The number of rotatable bonds is 4. The summed E-state index contributed by atoms with van der Waals surface area (Å²) in [6, 6.07) is 0. The second kappa shape index (κ2) is 5.36. The van der Waals surface area contributed by atoms with Gasteiger partial charge in [0.05, 0.1) is 6.61 Å². The lowest BCUT2D eigenvalue weighted by atomic mass is 9.77. The molecule has 0 heterocycles. The van der Waals surface area contributed by atoms with Gasteiger partial charge in [0, 0.05) is 18.0 Å². The summed E-state index contributed by atoms with van der Waals surface area (Å²) in [4.78, 5) is 11.9. The third kappa shape index (κ3) is 3.19. The first-order chi connectivity index (χ1) is 8.13. The van der Waals surface area contributed by atoms with E-state index in [0.29, 0.717) is 5.92 Å². The molecule has 17 heavy (non-hydrogen) atoms. The molecule has 4 N–H and O–H groups in total. The summed E-state index contributed by atoms with van der Waals surface area (Å²) in [5.74, 6) is 1.02. The van der Waals surface area contributed by atoms with Crippen LogP contribution in [0.4, 0.5) is 0 Å². The van der Waals surface area contributed by atoms with Crippen LogP contribution in [0.25, 0.3) is 0 Å². The maximum Gasteiger partial charge on any atom is 0.223 e. The highest BCUT2D eigenvalue weighted by Gasteiger charge is 2.34. The van der Waals surface area contributed by atoms with Crippen molar-refractivity contribution in [2.75, 3.05) is 13.2 Å². The minimum absolute atomic E-state index is 0.0312. The number of carbonyl (C=O) groups is 1. The van der Waals surface area contributed by atoms with Gasteiger partial charge in [-0.15, -0.1) is 0 Å². The van der Waals surface area contributed by atoms with Gasteiger partial charge in [0.2, 0.25) is 5.91 Å². The normalized spacial score (nSPS) is 34.1. The van der Waals surface area contributed by atoms with E-state index >= 15 is 0 Å². The molecule has 2 saturated carbocycles. The average Bonchev–Trinajstić information content (AvgIpc) is 2.28. The van der Waals surface area contributed by atoms with Gasteiger partial charge in [-0.1, -0.05) is 6.42 Å². The van der Waals surface area contributed by atoms with Crippen molar-refractivity contribution >= 4 is 5.91 Å². The van der Waals surface area contributed by atoms with Crippen LogP contribution in [0.15, 0.2) is 0 Å². The first-order valence-electron chi connectivity index (χ1n) is 6.80. The molecule has 0 bridgehead atoms. The molecule has 0 atom stereocenters. The van der Waals surface area contributed by atoms with Crippen LogP contribution < -0.4 is 11.1 Å². The van der Waals surface area contributed by atoms with Gasteiger partial charge in [-0.2, -0.15) is 0 Å². The van der Waals surface area contributed by atoms with E-state index in [1.807, 2.05) is 0 Å². The van der Waals surface area contributed by atoms with Gasteiger partial charge in [-0.3, -0.25) is 4.79 Å². The zero-order valence-corrected chi connectivity index (χ0v) is 10.5. The number of hydrogen-bond acceptors (Lipinski definition) is 3. The molecule has 98 valence electrons. The number of amides is 1. The molecule has 2 rings (SSSR count). The summed E-state index contributed by atoms with van der Waals surface area (Å²) < 4.78 is 0. The van der Waals surface area contributed by atoms with E-state index in [1.54, 1.807) is 0 Å². The third-order valence-corrected chi connectivity index (χ3v) is 4.46. The number of nitrogens with one attached hydrogen (secondary N) is 1. The number of nitrogens with two attached hydrogens (primary N) is 1. The maximum absolute atomic E-state index is 11.9. The molecule has 1 amide bonds. The van der Waals surface area contributed by atoms with Crippen molar-refractivity contribution in [1.29, 1.82) is 0 Å². The largest absolute Gasteiger partial charge is 0.394 e. The van der Waals surface area contributed by atoms with Gasteiger partial charge in [0.1, 0.15) is 0 Å². The highest BCUT2D eigenvalue weighted by Crippen LogP contribution is 2.30. The topological polar surface area (TPSA) is 75.3 Å². The van der Waals surface area contributed by atoms with E-state index in [-0.39, 0.29) is 18.4 Å². The Morgan fingerprint density at radius 1 is 1.29 bits per heavy atom. The Bertz CT molecular complexity index is 269. The summed E-state index contributed by atoms with van der Waals surface area (Å²) in [5, 5.41) is 12.2. The lowest BCUT2D eigenvalue weighted by Crippen LogP contribution is -2.48. The van der Waals surface area contributed by atoms with Crippen molar-refractivity contribution in [3.05, 3.63) is 0 Å². The number of carbonyl (C=O) groups excluding carboxylic acids is 1. The zero-order valence-electron chi connectivity index (χ0n) is 10.5. The van der Waals surface area contributed by atoms with Crippen LogP contribution in [0.2, 0.25) is 0 Å². The second-order valence-electron chi connectivity index (χ2n) is 5.84. The van der Waals surface area contributed by atoms with Gasteiger partial charge in [0.25, 0.3) is 0 Å². The highest BCUT2D eigenvalue weighted by atomic mass is 16.3. The Morgan fingerprint density at radius 2 is 1.94 bits per heavy atom. The fourth-order valence-corrected chi connectivity index (χ4v) is 2.70. The van der Waals surface area contributed by atoms with Crippen LogP contribution in [-0.2, 0) is 4.79 Å². The van der Waals surface area contributed by atoms with E-state index in [0.717, 1.165) is 32.2 Å². The lowest BCUT2D eigenvalue weighted by Gasteiger charge is -2.35. The predicted molar refractivity (Wildman–Crippen MR) is 66.3 cm³/mol. The Labute approximate surface area is 103 Å². The van der Waals surface area contributed by atoms with Crippen molar-refractivity contribution < 1.29 is 9.90 Å². The summed E-state index contributed by atoms with van der Waals surface area (Å²) in [6.45, 7) is 0.881. The summed E-state index contributed by atoms with van der Waals surface area (Å²) in [7, 11) is 0. The summed E-state index contributed by atoms with van der Waals surface area (Å²) in [6.07, 6.45) is 6.98. The third-order valence-electron chi connectivity index (χ3n) is 4.46. The second-order valence-corrected chi connectivity index (χ2v) is 5.84. The molecule has 0 spiro atoms. The van der Waals surface area contributed by atoms with E-state index < -0.39 is 5.54 Å². The molecule has 0 saturated heterocycles. The lowest BCUT2D eigenvalue weighted by molar-refractivity contribution is -0.126. The molecular weight excluding hydrogens is 216 g/mol.